The minimum atomic E-state index is -0.0648. The zero-order chi connectivity index (χ0) is 9.97. The highest BCUT2D eigenvalue weighted by molar-refractivity contribution is 7.15. The zero-order valence-electron chi connectivity index (χ0n) is 7.64. The number of alkyl halides is 1. The van der Waals surface area contributed by atoms with E-state index in [1.807, 2.05) is 37.3 Å². The molecule has 1 atom stereocenters. The summed E-state index contributed by atoms with van der Waals surface area (Å²) < 4.78 is 0. The van der Waals surface area contributed by atoms with E-state index >= 15 is 0 Å². The Morgan fingerprint density at radius 2 is 1.93 bits per heavy atom. The quantitative estimate of drug-likeness (QED) is 0.730. The summed E-state index contributed by atoms with van der Waals surface area (Å²) in [6.45, 7) is 1.90. The summed E-state index contributed by atoms with van der Waals surface area (Å²) in [5, 5.41) is 9.85. The van der Waals surface area contributed by atoms with Crippen LogP contribution in [0.4, 0.5) is 0 Å². The number of rotatable bonds is 2. The van der Waals surface area contributed by atoms with Gasteiger partial charge in [-0.25, -0.2) is 0 Å². The van der Waals surface area contributed by atoms with Gasteiger partial charge in [0.05, 0.1) is 5.38 Å². The molecule has 0 amide bonds. The Balaban J connectivity index is 2.34. The van der Waals surface area contributed by atoms with Crippen molar-refractivity contribution in [3.63, 3.8) is 0 Å². The van der Waals surface area contributed by atoms with Gasteiger partial charge < -0.3 is 0 Å². The molecule has 0 aliphatic carbocycles. The first-order valence-electron chi connectivity index (χ1n) is 4.30. The fourth-order valence-electron chi connectivity index (χ4n) is 1.09. The van der Waals surface area contributed by atoms with Crippen LogP contribution in [0.3, 0.4) is 0 Å². The molecule has 1 heterocycles. The van der Waals surface area contributed by atoms with E-state index in [0.717, 1.165) is 15.6 Å². The lowest BCUT2D eigenvalue weighted by Gasteiger charge is -1.93. The Labute approximate surface area is 91.6 Å². The monoisotopic (exact) mass is 224 g/mol. The second kappa shape index (κ2) is 4.07. The van der Waals surface area contributed by atoms with E-state index in [-0.39, 0.29) is 5.38 Å². The van der Waals surface area contributed by atoms with E-state index in [9.17, 15) is 0 Å². The van der Waals surface area contributed by atoms with Crippen molar-refractivity contribution in [2.24, 2.45) is 0 Å². The van der Waals surface area contributed by atoms with Crippen molar-refractivity contribution in [1.82, 2.24) is 10.2 Å². The summed E-state index contributed by atoms with van der Waals surface area (Å²) in [5.41, 5.74) is 1.09. The van der Waals surface area contributed by atoms with Gasteiger partial charge >= 0.3 is 0 Å². The predicted molar refractivity (Wildman–Crippen MR) is 59.6 cm³/mol. The normalized spacial score (nSPS) is 12.7. The number of hydrogen-bond donors (Lipinski definition) is 0. The van der Waals surface area contributed by atoms with Gasteiger partial charge in [0.25, 0.3) is 0 Å². The Hall–Kier alpha value is -0.930. The fourth-order valence-corrected chi connectivity index (χ4v) is 2.05. The average Bonchev–Trinajstić information content (AvgIpc) is 2.68. The SMILES string of the molecule is CC(Cl)c1nnc(-c2ccccc2)s1. The Morgan fingerprint density at radius 1 is 1.21 bits per heavy atom. The predicted octanol–water partition coefficient (Wildman–Crippen LogP) is 3.50. The highest BCUT2D eigenvalue weighted by Crippen LogP contribution is 2.28. The molecule has 2 nitrogen and oxygen atoms in total. The molecule has 0 bridgehead atoms. The first-order valence-corrected chi connectivity index (χ1v) is 5.55. The van der Waals surface area contributed by atoms with Crippen LogP contribution in [-0.4, -0.2) is 10.2 Å². The summed E-state index contributed by atoms with van der Waals surface area (Å²) in [6, 6.07) is 9.99. The molecule has 0 N–H and O–H groups in total. The lowest BCUT2D eigenvalue weighted by Crippen LogP contribution is -1.80. The Morgan fingerprint density at radius 3 is 2.50 bits per heavy atom. The molecule has 72 valence electrons. The molecule has 1 unspecified atom stereocenters. The third-order valence-corrected chi connectivity index (χ3v) is 3.29. The topological polar surface area (TPSA) is 25.8 Å². The van der Waals surface area contributed by atoms with Crippen molar-refractivity contribution in [2.45, 2.75) is 12.3 Å². The van der Waals surface area contributed by atoms with E-state index in [0.29, 0.717) is 0 Å². The molecule has 1 aromatic carbocycles. The van der Waals surface area contributed by atoms with Crippen molar-refractivity contribution in [2.75, 3.05) is 0 Å². The van der Waals surface area contributed by atoms with Crippen LogP contribution in [0.2, 0.25) is 0 Å². The maximum atomic E-state index is 5.91. The smallest absolute Gasteiger partial charge is 0.142 e. The zero-order valence-corrected chi connectivity index (χ0v) is 9.22. The number of aromatic nitrogens is 2. The summed E-state index contributed by atoms with van der Waals surface area (Å²) in [7, 11) is 0. The first kappa shape index (κ1) is 9.62. The van der Waals surface area contributed by atoms with Crippen molar-refractivity contribution >= 4 is 22.9 Å². The van der Waals surface area contributed by atoms with Crippen molar-refractivity contribution in [3.05, 3.63) is 35.3 Å². The molecule has 0 aliphatic heterocycles. The minimum absolute atomic E-state index is 0.0648. The third kappa shape index (κ3) is 1.94. The maximum Gasteiger partial charge on any atom is 0.147 e. The van der Waals surface area contributed by atoms with Gasteiger partial charge in [0.2, 0.25) is 0 Å². The molecule has 2 aromatic rings. The van der Waals surface area contributed by atoms with Gasteiger partial charge in [-0.2, -0.15) is 0 Å². The van der Waals surface area contributed by atoms with E-state index in [1.54, 1.807) is 0 Å². The molecular weight excluding hydrogens is 216 g/mol. The summed E-state index contributed by atoms with van der Waals surface area (Å²) >= 11 is 7.45. The van der Waals surface area contributed by atoms with E-state index in [1.165, 1.54) is 11.3 Å². The molecule has 0 fully saturated rings. The molecule has 4 heteroatoms. The van der Waals surface area contributed by atoms with Crippen LogP contribution in [0, 0.1) is 0 Å². The van der Waals surface area contributed by atoms with Gasteiger partial charge in [0, 0.05) is 5.56 Å². The summed E-state index contributed by atoms with van der Waals surface area (Å²) in [6.07, 6.45) is 0. The molecule has 1 aromatic heterocycles. The van der Waals surface area contributed by atoms with Crippen LogP contribution in [0.15, 0.2) is 30.3 Å². The van der Waals surface area contributed by atoms with Gasteiger partial charge in [-0.1, -0.05) is 41.7 Å². The van der Waals surface area contributed by atoms with Gasteiger partial charge in [0.15, 0.2) is 0 Å². The van der Waals surface area contributed by atoms with E-state index in [4.69, 9.17) is 11.6 Å². The van der Waals surface area contributed by atoms with Crippen LogP contribution < -0.4 is 0 Å². The maximum absolute atomic E-state index is 5.91. The molecule has 0 saturated carbocycles. The second-order valence-corrected chi connectivity index (χ2v) is 4.59. The number of nitrogens with zero attached hydrogens (tertiary/aromatic N) is 2. The minimum Gasteiger partial charge on any atom is -0.142 e. The van der Waals surface area contributed by atoms with Gasteiger partial charge in [-0.15, -0.1) is 21.8 Å². The molecule has 0 radical (unpaired) electrons. The largest absolute Gasteiger partial charge is 0.147 e. The highest BCUT2D eigenvalue weighted by Gasteiger charge is 2.09. The second-order valence-electron chi connectivity index (χ2n) is 2.93. The van der Waals surface area contributed by atoms with Crippen LogP contribution in [0.5, 0.6) is 0 Å². The lowest BCUT2D eigenvalue weighted by atomic mass is 10.2. The number of hydrogen-bond acceptors (Lipinski definition) is 3. The highest BCUT2D eigenvalue weighted by atomic mass is 35.5. The molecule has 0 saturated heterocycles. The van der Waals surface area contributed by atoms with Crippen LogP contribution in [0.25, 0.3) is 10.6 Å². The summed E-state index contributed by atoms with van der Waals surface area (Å²) in [5.74, 6) is 0. The number of benzene rings is 1. The van der Waals surface area contributed by atoms with Crippen molar-refractivity contribution in [1.29, 1.82) is 0 Å². The standard InChI is InChI=1S/C10H9ClN2S/c1-7(11)9-12-13-10(14-9)8-5-3-2-4-6-8/h2-7H,1H3. The van der Waals surface area contributed by atoms with Crippen LogP contribution in [-0.2, 0) is 0 Å². The first-order chi connectivity index (χ1) is 6.77. The van der Waals surface area contributed by atoms with Gasteiger partial charge in [-0.05, 0) is 6.92 Å². The lowest BCUT2D eigenvalue weighted by molar-refractivity contribution is 0.962. The van der Waals surface area contributed by atoms with Crippen LogP contribution in [0.1, 0.15) is 17.3 Å². The number of halogens is 1. The summed E-state index contributed by atoms with van der Waals surface area (Å²) in [4.78, 5) is 0. The van der Waals surface area contributed by atoms with Crippen molar-refractivity contribution in [3.8, 4) is 10.6 Å². The molecule has 14 heavy (non-hydrogen) atoms. The van der Waals surface area contributed by atoms with E-state index < -0.39 is 0 Å². The van der Waals surface area contributed by atoms with Gasteiger partial charge in [0.1, 0.15) is 10.0 Å². The average molecular weight is 225 g/mol. The Bertz CT molecular complexity index is 411. The van der Waals surface area contributed by atoms with Gasteiger partial charge in [-0.3, -0.25) is 0 Å². The Kier molecular flexibility index (Phi) is 2.79. The third-order valence-electron chi connectivity index (χ3n) is 1.80. The molecular formula is C10H9ClN2S. The molecule has 0 aliphatic rings. The van der Waals surface area contributed by atoms with Crippen molar-refractivity contribution < 1.29 is 0 Å². The van der Waals surface area contributed by atoms with Crippen LogP contribution >= 0.6 is 22.9 Å². The molecule has 2 rings (SSSR count). The van der Waals surface area contributed by atoms with E-state index in [2.05, 4.69) is 10.2 Å². The fraction of sp³-hybridized carbons (Fsp3) is 0.200. The molecule has 0 spiro atoms.